The van der Waals surface area contributed by atoms with Crippen molar-refractivity contribution in [3.8, 4) is 11.3 Å². The molecule has 0 bridgehead atoms. The summed E-state index contributed by atoms with van der Waals surface area (Å²) < 4.78 is 0.930. The fourth-order valence-corrected chi connectivity index (χ4v) is 5.40. The van der Waals surface area contributed by atoms with E-state index in [9.17, 15) is 14.7 Å². The number of piperazine rings is 1. The SMILES string of the molecule is O=C(O)[C@@H]1CC=CC[C@@H]1C(=O)N1CCN(c2nc(-c3ccccc3Cl)c3cc(Br)ccc3n2)CC1. The van der Waals surface area contributed by atoms with Crippen LogP contribution in [0.2, 0.25) is 5.02 Å². The molecule has 0 unspecified atom stereocenters. The lowest BCUT2D eigenvalue weighted by atomic mass is 9.82. The Labute approximate surface area is 216 Å². The summed E-state index contributed by atoms with van der Waals surface area (Å²) in [5.74, 6) is -1.57. The van der Waals surface area contributed by atoms with Crippen molar-refractivity contribution in [1.82, 2.24) is 14.9 Å². The second-order valence-electron chi connectivity index (χ2n) is 8.82. The van der Waals surface area contributed by atoms with E-state index in [-0.39, 0.29) is 5.91 Å². The molecule has 1 aliphatic carbocycles. The maximum absolute atomic E-state index is 13.2. The zero-order valence-corrected chi connectivity index (χ0v) is 21.2. The number of nitrogens with zero attached hydrogens (tertiary/aromatic N) is 4. The predicted molar refractivity (Wildman–Crippen MR) is 139 cm³/mol. The molecule has 0 saturated carbocycles. The Balaban J connectivity index is 1.40. The highest BCUT2D eigenvalue weighted by Crippen LogP contribution is 2.34. The van der Waals surface area contributed by atoms with Crippen LogP contribution in [-0.2, 0) is 9.59 Å². The van der Waals surface area contributed by atoms with E-state index in [1.165, 1.54) is 0 Å². The molecule has 2 aromatic carbocycles. The fraction of sp³-hybridized carbons (Fsp3) is 0.308. The first kappa shape index (κ1) is 23.8. The Morgan fingerprint density at radius 3 is 2.40 bits per heavy atom. The lowest BCUT2D eigenvalue weighted by molar-refractivity contribution is -0.150. The minimum absolute atomic E-state index is 0.0811. The van der Waals surface area contributed by atoms with E-state index in [4.69, 9.17) is 21.6 Å². The van der Waals surface area contributed by atoms with Crippen LogP contribution in [0.1, 0.15) is 12.8 Å². The summed E-state index contributed by atoms with van der Waals surface area (Å²) in [4.78, 5) is 38.4. The van der Waals surface area contributed by atoms with E-state index in [0.717, 1.165) is 26.6 Å². The molecule has 1 aromatic heterocycles. The van der Waals surface area contributed by atoms with Gasteiger partial charge in [0, 0.05) is 46.6 Å². The third-order valence-electron chi connectivity index (χ3n) is 6.72. The summed E-state index contributed by atoms with van der Waals surface area (Å²) >= 11 is 10.1. The van der Waals surface area contributed by atoms with Crippen LogP contribution in [0.3, 0.4) is 0 Å². The minimum Gasteiger partial charge on any atom is -0.481 e. The molecule has 9 heteroatoms. The van der Waals surface area contributed by atoms with Gasteiger partial charge in [0.05, 0.1) is 23.0 Å². The molecule has 1 amide bonds. The number of fused-ring (bicyclic) bond motifs is 1. The maximum atomic E-state index is 13.2. The molecule has 0 radical (unpaired) electrons. The normalized spacial score (nSPS) is 20.3. The topological polar surface area (TPSA) is 86.6 Å². The number of rotatable bonds is 4. The monoisotopic (exact) mass is 554 g/mol. The number of aromatic nitrogens is 2. The largest absolute Gasteiger partial charge is 0.481 e. The third kappa shape index (κ3) is 4.77. The second kappa shape index (κ2) is 9.95. The number of benzene rings is 2. The van der Waals surface area contributed by atoms with Gasteiger partial charge in [0.2, 0.25) is 11.9 Å². The van der Waals surface area contributed by atoms with Gasteiger partial charge in [-0.25, -0.2) is 9.97 Å². The summed E-state index contributed by atoms with van der Waals surface area (Å²) in [5, 5.41) is 11.1. The number of amides is 1. The minimum atomic E-state index is -0.908. The van der Waals surface area contributed by atoms with Crippen molar-refractivity contribution in [2.45, 2.75) is 12.8 Å². The number of carbonyl (C=O) groups is 2. The third-order valence-corrected chi connectivity index (χ3v) is 7.54. The van der Waals surface area contributed by atoms with Crippen molar-refractivity contribution < 1.29 is 14.7 Å². The van der Waals surface area contributed by atoms with Gasteiger partial charge in [-0.15, -0.1) is 0 Å². The smallest absolute Gasteiger partial charge is 0.307 e. The Bertz CT molecular complexity index is 1320. The molecule has 35 heavy (non-hydrogen) atoms. The molecule has 1 N–H and O–H groups in total. The van der Waals surface area contributed by atoms with Crippen LogP contribution in [0.15, 0.2) is 59.1 Å². The van der Waals surface area contributed by atoms with E-state index in [0.29, 0.717) is 50.0 Å². The quantitative estimate of drug-likeness (QED) is 0.455. The number of carboxylic acids is 1. The van der Waals surface area contributed by atoms with Crippen molar-refractivity contribution in [2.75, 3.05) is 31.1 Å². The van der Waals surface area contributed by atoms with Crippen molar-refractivity contribution in [1.29, 1.82) is 0 Å². The van der Waals surface area contributed by atoms with E-state index in [2.05, 4.69) is 20.8 Å². The van der Waals surface area contributed by atoms with Gasteiger partial charge in [0.1, 0.15) is 0 Å². The molecule has 1 saturated heterocycles. The van der Waals surface area contributed by atoms with E-state index in [1.807, 2.05) is 54.6 Å². The number of anilines is 1. The molecule has 1 fully saturated rings. The van der Waals surface area contributed by atoms with Gasteiger partial charge in [-0.3, -0.25) is 9.59 Å². The van der Waals surface area contributed by atoms with Gasteiger partial charge in [-0.2, -0.15) is 0 Å². The highest BCUT2D eigenvalue weighted by atomic mass is 79.9. The van der Waals surface area contributed by atoms with Crippen molar-refractivity contribution in [3.05, 3.63) is 64.1 Å². The number of hydrogen-bond acceptors (Lipinski definition) is 5. The second-order valence-corrected chi connectivity index (χ2v) is 10.1. The highest BCUT2D eigenvalue weighted by molar-refractivity contribution is 9.10. The number of aliphatic carboxylic acids is 1. The Morgan fingerprint density at radius 1 is 0.971 bits per heavy atom. The van der Waals surface area contributed by atoms with Crippen LogP contribution in [0.25, 0.3) is 22.2 Å². The van der Waals surface area contributed by atoms with Crippen LogP contribution in [0.4, 0.5) is 5.95 Å². The van der Waals surface area contributed by atoms with Gasteiger partial charge >= 0.3 is 5.97 Å². The maximum Gasteiger partial charge on any atom is 0.307 e. The molecule has 2 heterocycles. The van der Waals surface area contributed by atoms with Crippen LogP contribution in [0, 0.1) is 11.8 Å². The van der Waals surface area contributed by atoms with Gasteiger partial charge in [0.15, 0.2) is 0 Å². The van der Waals surface area contributed by atoms with Crippen LogP contribution in [0.5, 0.6) is 0 Å². The average molecular weight is 556 g/mol. The van der Waals surface area contributed by atoms with E-state index < -0.39 is 17.8 Å². The van der Waals surface area contributed by atoms with Crippen molar-refractivity contribution in [3.63, 3.8) is 0 Å². The molecular formula is C26H24BrClN4O3. The lowest BCUT2D eigenvalue weighted by Crippen LogP contribution is -2.52. The first-order valence-corrected chi connectivity index (χ1v) is 12.7. The first-order valence-electron chi connectivity index (χ1n) is 11.6. The van der Waals surface area contributed by atoms with Gasteiger partial charge in [-0.05, 0) is 37.1 Å². The molecule has 2 aliphatic rings. The van der Waals surface area contributed by atoms with Gasteiger partial charge < -0.3 is 14.9 Å². The summed E-state index contributed by atoms with van der Waals surface area (Å²) in [6, 6.07) is 13.5. The Hall–Kier alpha value is -2.97. The summed E-state index contributed by atoms with van der Waals surface area (Å²) in [6.45, 7) is 2.12. The highest BCUT2D eigenvalue weighted by Gasteiger charge is 2.37. The van der Waals surface area contributed by atoms with Gasteiger partial charge in [-0.1, -0.05) is 57.9 Å². The number of hydrogen-bond donors (Lipinski definition) is 1. The summed E-state index contributed by atoms with van der Waals surface area (Å²) in [6.07, 6.45) is 4.64. The van der Waals surface area contributed by atoms with Crippen LogP contribution >= 0.6 is 27.5 Å². The number of carboxylic acid groups (broad SMARTS) is 1. The predicted octanol–water partition coefficient (Wildman–Crippen LogP) is 5.03. The summed E-state index contributed by atoms with van der Waals surface area (Å²) in [7, 11) is 0. The van der Waals surface area contributed by atoms with Crippen LogP contribution < -0.4 is 4.90 Å². The molecular weight excluding hydrogens is 532 g/mol. The zero-order valence-electron chi connectivity index (χ0n) is 18.9. The number of carbonyl (C=O) groups excluding carboxylic acids is 1. The average Bonchev–Trinajstić information content (AvgIpc) is 2.88. The Kier molecular flexibility index (Phi) is 6.75. The molecule has 3 aromatic rings. The molecule has 5 rings (SSSR count). The van der Waals surface area contributed by atoms with Crippen molar-refractivity contribution in [2.24, 2.45) is 11.8 Å². The molecule has 7 nitrogen and oxygen atoms in total. The standard InChI is InChI=1S/C26H24BrClN4O3/c27-16-9-10-22-20(15-16)23(19-7-3-4-8-21(19)28)30-26(29-22)32-13-11-31(12-14-32)24(33)17-5-1-2-6-18(17)25(34)35/h1-4,7-10,15,17-18H,5-6,11-14H2,(H,34,35)/t17-,18+/m0/s1. The molecule has 2 atom stereocenters. The van der Waals surface area contributed by atoms with E-state index >= 15 is 0 Å². The van der Waals surface area contributed by atoms with Crippen LogP contribution in [-0.4, -0.2) is 58.0 Å². The first-order chi connectivity index (χ1) is 16.9. The molecule has 180 valence electrons. The molecule has 1 aliphatic heterocycles. The zero-order chi connectivity index (χ0) is 24.5. The Morgan fingerprint density at radius 2 is 1.69 bits per heavy atom. The lowest BCUT2D eigenvalue weighted by Gasteiger charge is -2.37. The van der Waals surface area contributed by atoms with Crippen molar-refractivity contribution >= 4 is 56.3 Å². The summed E-state index contributed by atoms with van der Waals surface area (Å²) in [5.41, 5.74) is 2.40. The number of halogens is 2. The fourth-order valence-electron chi connectivity index (χ4n) is 4.81. The molecule has 0 spiro atoms. The van der Waals surface area contributed by atoms with Gasteiger partial charge in [0.25, 0.3) is 0 Å². The van der Waals surface area contributed by atoms with E-state index in [1.54, 1.807) is 4.90 Å². The number of allylic oxidation sites excluding steroid dienone is 2.